The zero-order valence-electron chi connectivity index (χ0n) is 33.3. The minimum absolute atomic E-state index is 0.0290. The number of carboxylic acid groups (broad SMARTS) is 1. The smallest absolute Gasteiger partial charge is 0.335 e. The number of carbonyl (C=O) groups excluding carboxylic acids is 1. The summed E-state index contributed by atoms with van der Waals surface area (Å²) in [7, 11) is 0. The molecule has 10 rings (SSSR count). The summed E-state index contributed by atoms with van der Waals surface area (Å²) < 4.78 is 26.0. The quantitative estimate of drug-likeness (QED) is 0.138. The van der Waals surface area contributed by atoms with E-state index < -0.39 is 65.6 Å². The number of nitrogens with one attached hydrogen (secondary N) is 2. The molecule has 59 heavy (non-hydrogen) atoms. The number of aliphatic hydroxyl groups is 4. The SMILES string of the molecule is CC(=O)c1c(C)c(O)c2cc(C(=O)O)cc(O[C@H]3O[C@H](CO)[C@@]4(C[C@H]5C6=C(CC=C6[C@@]6(CCCO)COC[C@H]7C[C@]89CCC[C@H]8NN[C@]5(C9)[C@@H]76)CO4)[C@H](O)[C@H]3O)c2c1O. The van der Waals surface area contributed by atoms with Crippen molar-refractivity contribution in [3.63, 3.8) is 0 Å². The molecule has 12 atom stereocenters. The molecule has 8 aliphatic rings. The summed E-state index contributed by atoms with van der Waals surface area (Å²) in [5, 5.41) is 78.2. The number of carboxylic acids is 1. The summed E-state index contributed by atoms with van der Waals surface area (Å²) in [4.78, 5) is 24.9. The Morgan fingerprint density at radius 3 is 2.66 bits per heavy atom. The number of aromatic carboxylic acids is 1. The molecule has 0 radical (unpaired) electrons. The summed E-state index contributed by atoms with van der Waals surface area (Å²) in [6.07, 6.45) is 3.25. The first-order valence-corrected chi connectivity index (χ1v) is 21.1. The molecule has 0 unspecified atom stereocenters. The van der Waals surface area contributed by atoms with Crippen LogP contribution in [0.25, 0.3) is 10.8 Å². The number of hydrogen-bond donors (Lipinski definition) is 9. The second-order valence-electron chi connectivity index (χ2n) is 18.8. The van der Waals surface area contributed by atoms with Gasteiger partial charge >= 0.3 is 5.97 Å². The molecule has 3 spiro atoms. The van der Waals surface area contributed by atoms with E-state index in [9.17, 15) is 45.3 Å². The number of phenolic OH excluding ortho intramolecular Hbond substituents is 2. The lowest BCUT2D eigenvalue weighted by Crippen LogP contribution is -2.81. The summed E-state index contributed by atoms with van der Waals surface area (Å²) in [6.45, 7) is 3.35. The Labute approximate surface area is 341 Å². The maximum Gasteiger partial charge on any atom is 0.335 e. The van der Waals surface area contributed by atoms with Crippen LogP contribution in [0.3, 0.4) is 0 Å². The van der Waals surface area contributed by atoms with Gasteiger partial charge in [0, 0.05) is 47.1 Å². The first kappa shape index (κ1) is 39.5. The van der Waals surface area contributed by atoms with Crippen LogP contribution in [-0.4, -0.2) is 122 Å². The Hall–Kier alpha value is -3.64. The fourth-order valence-electron chi connectivity index (χ4n) is 14.0. The number of hydrogen-bond acceptors (Lipinski definition) is 14. The highest BCUT2D eigenvalue weighted by Crippen LogP contribution is 2.72. The summed E-state index contributed by atoms with van der Waals surface area (Å²) in [6, 6.07) is 2.53. The molecule has 15 heteroatoms. The molecule has 9 N–H and O–H groups in total. The van der Waals surface area contributed by atoms with Crippen molar-refractivity contribution in [2.24, 2.45) is 28.6 Å². The van der Waals surface area contributed by atoms with Crippen LogP contribution in [0.15, 0.2) is 34.9 Å². The van der Waals surface area contributed by atoms with Crippen molar-refractivity contribution in [2.45, 2.75) is 113 Å². The van der Waals surface area contributed by atoms with Gasteiger partial charge in [-0.3, -0.25) is 15.6 Å². The van der Waals surface area contributed by atoms with E-state index in [-0.39, 0.29) is 81.4 Å². The van der Waals surface area contributed by atoms with Crippen LogP contribution >= 0.6 is 0 Å². The molecular weight excluding hydrogens is 764 g/mol. The Morgan fingerprint density at radius 2 is 1.92 bits per heavy atom. The van der Waals surface area contributed by atoms with Crippen LogP contribution in [-0.2, 0) is 14.2 Å². The van der Waals surface area contributed by atoms with E-state index in [2.05, 4.69) is 16.9 Å². The molecule has 318 valence electrons. The van der Waals surface area contributed by atoms with Gasteiger partial charge in [-0.15, -0.1) is 0 Å². The van der Waals surface area contributed by atoms with Crippen molar-refractivity contribution in [3.05, 3.63) is 51.6 Å². The van der Waals surface area contributed by atoms with Crippen LogP contribution in [0.4, 0.5) is 0 Å². The van der Waals surface area contributed by atoms with Crippen LogP contribution in [0.5, 0.6) is 17.2 Å². The number of hydrazine groups is 1. The molecule has 4 heterocycles. The molecule has 0 aromatic heterocycles. The molecule has 0 amide bonds. The molecule has 4 aliphatic carbocycles. The third-order valence-corrected chi connectivity index (χ3v) is 16.1. The van der Waals surface area contributed by atoms with E-state index in [4.69, 9.17) is 18.9 Å². The van der Waals surface area contributed by atoms with Crippen molar-refractivity contribution in [3.8, 4) is 17.2 Å². The van der Waals surface area contributed by atoms with Crippen LogP contribution in [0.1, 0.15) is 91.0 Å². The van der Waals surface area contributed by atoms with Gasteiger partial charge in [-0.1, -0.05) is 12.5 Å². The van der Waals surface area contributed by atoms with Crippen molar-refractivity contribution in [2.75, 3.05) is 33.0 Å². The average molecular weight is 819 g/mol. The lowest BCUT2D eigenvalue weighted by molar-refractivity contribution is -0.327. The summed E-state index contributed by atoms with van der Waals surface area (Å²) in [5.74, 6) is -3.15. The molecule has 3 saturated heterocycles. The Kier molecular flexibility index (Phi) is 9.16. The van der Waals surface area contributed by atoms with E-state index in [1.807, 2.05) is 0 Å². The van der Waals surface area contributed by atoms with Gasteiger partial charge in [-0.25, -0.2) is 4.79 Å². The number of carbonyl (C=O) groups is 2. The van der Waals surface area contributed by atoms with Gasteiger partial charge < -0.3 is 54.7 Å². The maximum atomic E-state index is 12.6. The molecule has 2 aromatic carbocycles. The Balaban J connectivity index is 1.06. The largest absolute Gasteiger partial charge is 0.507 e. The van der Waals surface area contributed by atoms with Gasteiger partial charge in [0.15, 0.2) is 5.78 Å². The first-order chi connectivity index (χ1) is 28.3. The molecule has 2 aromatic rings. The molecule has 6 fully saturated rings. The van der Waals surface area contributed by atoms with Crippen molar-refractivity contribution >= 4 is 22.5 Å². The van der Waals surface area contributed by atoms with E-state index >= 15 is 0 Å². The average Bonchev–Trinajstić information content (AvgIpc) is 3.78. The van der Waals surface area contributed by atoms with Crippen LogP contribution < -0.4 is 15.6 Å². The highest BCUT2D eigenvalue weighted by Gasteiger charge is 2.74. The normalized spacial score (nSPS) is 40.6. The maximum absolute atomic E-state index is 12.6. The fraction of sp³-hybridized carbons (Fsp3) is 0.636. The number of fused-ring (bicyclic) bond motifs is 2. The van der Waals surface area contributed by atoms with Gasteiger partial charge in [0.2, 0.25) is 6.29 Å². The predicted octanol–water partition coefficient (Wildman–Crippen LogP) is 2.89. The second kappa shape index (κ2) is 13.7. The highest BCUT2D eigenvalue weighted by molar-refractivity contribution is 6.11. The van der Waals surface area contributed by atoms with E-state index in [0.717, 1.165) is 56.2 Å². The fourth-order valence-corrected chi connectivity index (χ4v) is 14.0. The molecule has 2 bridgehead atoms. The van der Waals surface area contributed by atoms with Crippen molar-refractivity contribution in [1.82, 2.24) is 10.9 Å². The molecule has 3 saturated carbocycles. The summed E-state index contributed by atoms with van der Waals surface area (Å²) in [5.41, 5.74) is 8.26. The topological polar surface area (TPSA) is 237 Å². The van der Waals surface area contributed by atoms with E-state index in [1.165, 1.54) is 25.0 Å². The molecule has 4 aliphatic heterocycles. The Morgan fingerprint density at radius 1 is 1.10 bits per heavy atom. The number of benzene rings is 2. The van der Waals surface area contributed by atoms with Gasteiger partial charge in [0.05, 0.1) is 36.3 Å². The number of ketones is 1. The zero-order valence-corrected chi connectivity index (χ0v) is 33.3. The second-order valence-corrected chi connectivity index (χ2v) is 18.8. The van der Waals surface area contributed by atoms with Gasteiger partial charge in [0.25, 0.3) is 0 Å². The predicted molar refractivity (Wildman–Crippen MR) is 209 cm³/mol. The van der Waals surface area contributed by atoms with Gasteiger partial charge in [-0.05, 0) is 111 Å². The van der Waals surface area contributed by atoms with Gasteiger partial charge in [0.1, 0.15) is 41.2 Å². The summed E-state index contributed by atoms with van der Waals surface area (Å²) >= 11 is 0. The van der Waals surface area contributed by atoms with Crippen molar-refractivity contribution < 1.29 is 64.3 Å². The number of rotatable bonds is 8. The Bertz CT molecular complexity index is 2200. The number of phenols is 2. The minimum atomic E-state index is -1.81. The molecular formula is C44H54N2O13. The third kappa shape index (κ3) is 5.26. The van der Waals surface area contributed by atoms with Crippen molar-refractivity contribution in [1.29, 1.82) is 0 Å². The van der Waals surface area contributed by atoms with E-state index in [0.29, 0.717) is 32.1 Å². The van der Waals surface area contributed by atoms with Crippen LogP contribution in [0, 0.1) is 35.5 Å². The number of Topliss-reactive ketones (excluding diaryl/α,β-unsaturated/α-hetero) is 1. The lowest BCUT2D eigenvalue weighted by atomic mass is 9.39. The number of allylic oxidation sites excluding steroid dienone is 1. The molecule has 15 nitrogen and oxygen atoms in total. The monoisotopic (exact) mass is 818 g/mol. The zero-order chi connectivity index (χ0) is 41.4. The van der Waals surface area contributed by atoms with Gasteiger partial charge in [-0.2, -0.15) is 0 Å². The highest BCUT2D eigenvalue weighted by atomic mass is 16.7. The lowest BCUT2D eigenvalue weighted by Gasteiger charge is -2.72. The number of aromatic hydroxyl groups is 2. The van der Waals surface area contributed by atoms with Crippen LogP contribution in [0.2, 0.25) is 0 Å². The number of ether oxygens (including phenoxy) is 4. The van der Waals surface area contributed by atoms with E-state index in [1.54, 1.807) is 0 Å². The third-order valence-electron chi connectivity index (χ3n) is 16.1. The number of aliphatic hydroxyl groups excluding tert-OH is 4. The minimum Gasteiger partial charge on any atom is -0.507 e. The standard InChI is InChI=1S/C44H54N2O13/c1-20-31(21(2)49)35(51)33-25(34(20)50)11-23(39(54)55)12-28(33)58-40-36(52)38(53)44(30(15-48)59-40)14-27-32-22(17-57-44)6-7-26(32)42(9-4-10-47)19-56-16-24-13-41-8-3-5-29(41)45-46-43(27,18-41)37(24)42/h7,11-12,24,27,29-30,36-38,40,45-48,50-53H,3-6,8-10,13-19H2,1-2H3,(H,54,55)/t24-,27+,29-,30-,36-,37+,38-,40+,41+,42-,43+,44+/m1/s1. The first-order valence-electron chi connectivity index (χ1n) is 21.1.